The molecule has 1 aliphatic carbocycles. The standard InChI is InChI=1S/C14H25N3O2/c1-3-7-11(18-2)13-16-14(19-17-13)12(15)10-8-5-4-6-9-10/h10-12H,3-9,15H2,1-2H3. The van der Waals surface area contributed by atoms with E-state index < -0.39 is 0 Å². The summed E-state index contributed by atoms with van der Waals surface area (Å²) in [7, 11) is 1.68. The maximum atomic E-state index is 6.26. The highest BCUT2D eigenvalue weighted by molar-refractivity contribution is 4.97. The molecule has 5 nitrogen and oxygen atoms in total. The van der Waals surface area contributed by atoms with Crippen LogP contribution in [-0.2, 0) is 4.74 Å². The van der Waals surface area contributed by atoms with E-state index in [4.69, 9.17) is 15.0 Å². The van der Waals surface area contributed by atoms with Crippen LogP contribution in [0.25, 0.3) is 0 Å². The molecule has 108 valence electrons. The molecule has 2 unspecified atom stereocenters. The molecule has 1 saturated carbocycles. The molecule has 0 saturated heterocycles. The van der Waals surface area contributed by atoms with Crippen molar-refractivity contribution in [3.8, 4) is 0 Å². The van der Waals surface area contributed by atoms with Crippen LogP contribution in [0.3, 0.4) is 0 Å². The molecule has 5 heteroatoms. The van der Waals surface area contributed by atoms with Gasteiger partial charge in [0.1, 0.15) is 6.10 Å². The molecule has 0 amide bonds. The maximum Gasteiger partial charge on any atom is 0.243 e. The van der Waals surface area contributed by atoms with Crippen LogP contribution in [0.1, 0.15) is 75.7 Å². The number of hydrogen-bond acceptors (Lipinski definition) is 5. The number of nitrogens with zero attached hydrogens (tertiary/aromatic N) is 2. The van der Waals surface area contributed by atoms with Crippen LogP contribution in [0.15, 0.2) is 4.52 Å². The summed E-state index contributed by atoms with van der Waals surface area (Å²) in [5.74, 6) is 1.68. The van der Waals surface area contributed by atoms with E-state index in [2.05, 4.69) is 17.1 Å². The van der Waals surface area contributed by atoms with Gasteiger partial charge in [-0.15, -0.1) is 0 Å². The molecule has 0 aliphatic heterocycles. The summed E-state index contributed by atoms with van der Waals surface area (Å²) in [4.78, 5) is 4.45. The largest absolute Gasteiger partial charge is 0.373 e. The third-order valence-corrected chi connectivity index (χ3v) is 4.02. The first-order valence-corrected chi connectivity index (χ1v) is 7.38. The first kappa shape index (κ1) is 14.5. The Hall–Kier alpha value is -0.940. The van der Waals surface area contributed by atoms with E-state index in [1.54, 1.807) is 7.11 Å². The molecule has 0 spiro atoms. The Labute approximate surface area is 114 Å². The Morgan fingerprint density at radius 3 is 2.74 bits per heavy atom. The first-order valence-electron chi connectivity index (χ1n) is 7.38. The van der Waals surface area contributed by atoms with Gasteiger partial charge in [0.25, 0.3) is 0 Å². The highest BCUT2D eigenvalue weighted by atomic mass is 16.5. The van der Waals surface area contributed by atoms with Crippen LogP contribution in [0.2, 0.25) is 0 Å². The van der Waals surface area contributed by atoms with Crippen molar-refractivity contribution < 1.29 is 9.26 Å². The van der Waals surface area contributed by atoms with Gasteiger partial charge in [-0.05, 0) is 25.2 Å². The Kier molecular flexibility index (Phi) is 5.34. The summed E-state index contributed by atoms with van der Waals surface area (Å²) in [6, 6.07) is -0.124. The predicted octanol–water partition coefficient (Wildman–Crippen LogP) is 3.14. The first-order chi connectivity index (χ1) is 9.26. The lowest BCUT2D eigenvalue weighted by molar-refractivity contribution is 0.0854. The monoisotopic (exact) mass is 267 g/mol. The minimum absolute atomic E-state index is 0.0824. The number of rotatable bonds is 6. The van der Waals surface area contributed by atoms with Crippen molar-refractivity contribution in [2.45, 2.75) is 64.0 Å². The molecule has 1 aliphatic rings. The summed E-state index contributed by atoms with van der Waals surface area (Å²) in [6.45, 7) is 2.11. The Morgan fingerprint density at radius 1 is 1.37 bits per heavy atom. The molecule has 19 heavy (non-hydrogen) atoms. The van der Waals surface area contributed by atoms with Gasteiger partial charge in [-0.1, -0.05) is 37.8 Å². The fraction of sp³-hybridized carbons (Fsp3) is 0.857. The fourth-order valence-corrected chi connectivity index (χ4v) is 2.82. The molecular weight excluding hydrogens is 242 g/mol. The highest BCUT2D eigenvalue weighted by Crippen LogP contribution is 2.32. The van der Waals surface area contributed by atoms with Gasteiger partial charge < -0.3 is 15.0 Å². The molecule has 1 fully saturated rings. The summed E-state index contributed by atoms with van der Waals surface area (Å²) >= 11 is 0. The van der Waals surface area contributed by atoms with Gasteiger partial charge in [-0.2, -0.15) is 4.98 Å². The lowest BCUT2D eigenvalue weighted by Gasteiger charge is -2.24. The van der Waals surface area contributed by atoms with Crippen molar-refractivity contribution in [1.29, 1.82) is 0 Å². The molecule has 0 bridgehead atoms. The van der Waals surface area contributed by atoms with Crippen molar-refractivity contribution in [3.63, 3.8) is 0 Å². The molecule has 1 heterocycles. The Balaban J connectivity index is 2.02. The van der Waals surface area contributed by atoms with E-state index in [0.717, 1.165) is 12.8 Å². The summed E-state index contributed by atoms with van der Waals surface area (Å²) < 4.78 is 10.7. The summed E-state index contributed by atoms with van der Waals surface area (Å²) in [5.41, 5.74) is 6.26. The molecule has 1 aromatic rings. The highest BCUT2D eigenvalue weighted by Gasteiger charge is 2.27. The number of hydrogen-bond donors (Lipinski definition) is 1. The average Bonchev–Trinajstić information content (AvgIpc) is 2.94. The number of ether oxygens (including phenoxy) is 1. The molecule has 1 aromatic heterocycles. The van der Waals surface area contributed by atoms with Crippen LogP contribution >= 0.6 is 0 Å². The van der Waals surface area contributed by atoms with Gasteiger partial charge >= 0.3 is 0 Å². The summed E-state index contributed by atoms with van der Waals surface area (Å²) in [5, 5.41) is 4.03. The van der Waals surface area contributed by atoms with E-state index in [1.807, 2.05) is 0 Å². The van der Waals surface area contributed by atoms with Gasteiger partial charge in [0.2, 0.25) is 11.7 Å². The molecule has 0 radical (unpaired) electrons. The van der Waals surface area contributed by atoms with E-state index in [0.29, 0.717) is 17.6 Å². The molecule has 2 rings (SSSR count). The molecule has 2 atom stereocenters. The minimum atomic E-state index is -0.124. The number of aromatic nitrogens is 2. The minimum Gasteiger partial charge on any atom is -0.373 e. The third-order valence-electron chi connectivity index (χ3n) is 4.02. The van der Waals surface area contributed by atoms with Gasteiger partial charge in [-0.25, -0.2) is 0 Å². The van der Waals surface area contributed by atoms with Gasteiger partial charge in [0, 0.05) is 7.11 Å². The second-order valence-electron chi connectivity index (χ2n) is 5.43. The second kappa shape index (κ2) is 7.01. The average molecular weight is 267 g/mol. The van der Waals surface area contributed by atoms with E-state index >= 15 is 0 Å². The maximum absolute atomic E-state index is 6.26. The van der Waals surface area contributed by atoms with Crippen molar-refractivity contribution in [1.82, 2.24) is 10.1 Å². The molecule has 2 N–H and O–H groups in total. The topological polar surface area (TPSA) is 74.2 Å². The van der Waals surface area contributed by atoms with E-state index in [-0.39, 0.29) is 12.1 Å². The lowest BCUT2D eigenvalue weighted by Crippen LogP contribution is -2.24. The van der Waals surface area contributed by atoms with Crippen molar-refractivity contribution in [3.05, 3.63) is 11.7 Å². The van der Waals surface area contributed by atoms with Gasteiger partial charge in [0.15, 0.2) is 0 Å². The SMILES string of the molecule is CCCC(OC)c1noc(C(N)C2CCCCC2)n1. The summed E-state index contributed by atoms with van der Waals surface area (Å²) in [6.07, 6.45) is 8.02. The third kappa shape index (κ3) is 3.54. The van der Waals surface area contributed by atoms with Crippen LogP contribution in [0, 0.1) is 5.92 Å². The van der Waals surface area contributed by atoms with E-state index in [1.165, 1.54) is 32.1 Å². The fourth-order valence-electron chi connectivity index (χ4n) is 2.82. The molecule has 0 aromatic carbocycles. The van der Waals surface area contributed by atoms with E-state index in [9.17, 15) is 0 Å². The zero-order valence-electron chi connectivity index (χ0n) is 12.0. The quantitative estimate of drug-likeness (QED) is 0.857. The van der Waals surface area contributed by atoms with Crippen molar-refractivity contribution in [2.75, 3.05) is 7.11 Å². The van der Waals surface area contributed by atoms with Crippen molar-refractivity contribution in [2.24, 2.45) is 11.7 Å². The van der Waals surface area contributed by atoms with Crippen molar-refractivity contribution >= 4 is 0 Å². The zero-order valence-corrected chi connectivity index (χ0v) is 12.0. The van der Waals surface area contributed by atoms with Gasteiger partial charge in [0.05, 0.1) is 6.04 Å². The number of nitrogens with two attached hydrogens (primary N) is 1. The number of methoxy groups -OCH3 is 1. The van der Waals surface area contributed by atoms with Crippen LogP contribution in [-0.4, -0.2) is 17.3 Å². The normalized spacial score (nSPS) is 20.4. The second-order valence-corrected chi connectivity index (χ2v) is 5.43. The van der Waals surface area contributed by atoms with Gasteiger partial charge in [-0.3, -0.25) is 0 Å². The smallest absolute Gasteiger partial charge is 0.243 e. The molecular formula is C14H25N3O2. The van der Waals surface area contributed by atoms with Crippen LogP contribution < -0.4 is 5.73 Å². The zero-order chi connectivity index (χ0) is 13.7. The van der Waals surface area contributed by atoms with Crippen LogP contribution in [0.5, 0.6) is 0 Å². The Bertz CT molecular complexity index is 375. The Morgan fingerprint density at radius 2 is 2.11 bits per heavy atom. The predicted molar refractivity (Wildman–Crippen MR) is 72.5 cm³/mol. The van der Waals surface area contributed by atoms with Crippen LogP contribution in [0.4, 0.5) is 0 Å². The lowest BCUT2D eigenvalue weighted by atomic mass is 9.84.